The molecule has 3 rings (SSSR count). The molecule has 1 saturated heterocycles. The first-order valence-corrected chi connectivity index (χ1v) is 10.4. The second-order valence-electron chi connectivity index (χ2n) is 7.63. The number of unbranched alkanes of at least 4 members (excludes halogenated alkanes) is 2. The monoisotopic (exact) mass is 441 g/mol. The van der Waals surface area contributed by atoms with E-state index >= 15 is 0 Å². The van der Waals surface area contributed by atoms with Crippen molar-refractivity contribution in [3.8, 4) is 0 Å². The Balaban J connectivity index is 1.59. The van der Waals surface area contributed by atoms with Gasteiger partial charge in [0.25, 0.3) is 0 Å². The molecule has 1 atom stereocenters. The average molecular weight is 441 g/mol. The third-order valence-corrected chi connectivity index (χ3v) is 5.44. The third-order valence-electron chi connectivity index (χ3n) is 5.44. The highest BCUT2D eigenvalue weighted by Crippen LogP contribution is 2.34. The first-order chi connectivity index (χ1) is 14.8. The van der Waals surface area contributed by atoms with Crippen molar-refractivity contribution in [1.82, 2.24) is 9.80 Å². The van der Waals surface area contributed by atoms with E-state index in [1.54, 1.807) is 4.90 Å². The largest absolute Gasteiger partial charge is 0.481 e. The van der Waals surface area contributed by atoms with Crippen molar-refractivity contribution in [3.63, 3.8) is 0 Å². The molecule has 7 nitrogen and oxygen atoms in total. The van der Waals surface area contributed by atoms with E-state index in [0.717, 1.165) is 43.7 Å². The number of benzene rings is 1. The van der Waals surface area contributed by atoms with E-state index in [1.807, 2.05) is 0 Å². The zero-order valence-electron chi connectivity index (χ0n) is 17.1. The summed E-state index contributed by atoms with van der Waals surface area (Å²) in [5.41, 5.74) is -0.690. The molecule has 2 aliphatic rings. The maximum atomic E-state index is 13.1. The number of carboxylic acids is 1. The van der Waals surface area contributed by atoms with Gasteiger partial charge in [0.2, 0.25) is 0 Å². The van der Waals surface area contributed by atoms with Crippen LogP contribution in [-0.2, 0) is 15.7 Å². The molecule has 1 fully saturated rings. The van der Waals surface area contributed by atoms with Crippen molar-refractivity contribution >= 4 is 17.9 Å². The summed E-state index contributed by atoms with van der Waals surface area (Å²) < 4.78 is 44.6. The zero-order valence-corrected chi connectivity index (χ0v) is 17.1. The normalized spacial score (nSPS) is 17.6. The van der Waals surface area contributed by atoms with Gasteiger partial charge in [0.1, 0.15) is 6.61 Å². The number of urea groups is 1. The average Bonchev–Trinajstić information content (AvgIpc) is 3.35. The molecule has 0 spiro atoms. The summed E-state index contributed by atoms with van der Waals surface area (Å²) in [5.74, 6) is -0.397. The van der Waals surface area contributed by atoms with Crippen LogP contribution in [0.15, 0.2) is 29.3 Å². The Kier molecular flexibility index (Phi) is 7.40. The Labute approximate surface area is 178 Å². The summed E-state index contributed by atoms with van der Waals surface area (Å²) in [4.78, 5) is 31.5. The van der Waals surface area contributed by atoms with Crippen LogP contribution in [0.25, 0.3) is 0 Å². The van der Waals surface area contributed by atoms with Crippen LogP contribution in [0.3, 0.4) is 0 Å². The molecule has 170 valence electrons. The van der Waals surface area contributed by atoms with Gasteiger partial charge < -0.3 is 19.6 Å². The van der Waals surface area contributed by atoms with Crippen molar-refractivity contribution in [2.75, 3.05) is 32.8 Å². The summed E-state index contributed by atoms with van der Waals surface area (Å²) >= 11 is 0. The van der Waals surface area contributed by atoms with E-state index in [1.165, 1.54) is 17.0 Å². The highest BCUT2D eigenvalue weighted by Gasteiger charge is 2.37. The molecule has 2 amide bonds. The molecule has 0 radical (unpaired) electrons. The topological polar surface area (TPSA) is 82.4 Å². The summed E-state index contributed by atoms with van der Waals surface area (Å²) in [5, 5.41) is 9.28. The molecule has 0 saturated carbocycles. The first kappa shape index (κ1) is 22.9. The minimum atomic E-state index is -4.54. The van der Waals surface area contributed by atoms with Gasteiger partial charge in [-0.1, -0.05) is 18.6 Å². The van der Waals surface area contributed by atoms with Gasteiger partial charge in [0.05, 0.1) is 24.6 Å². The van der Waals surface area contributed by atoms with Crippen molar-refractivity contribution in [2.45, 2.75) is 44.3 Å². The number of carbonyl (C=O) groups is 2. The second kappa shape index (κ2) is 10.0. The smallest absolute Gasteiger partial charge is 0.416 e. The first-order valence-electron chi connectivity index (χ1n) is 10.4. The molecule has 0 bridgehead atoms. The SMILES string of the molecule is O=C(O)C[C@@H](c1cccc(C(F)(F)F)c1)N1CCN(CCCCCC2=NCCO2)C1=O. The summed E-state index contributed by atoms with van der Waals surface area (Å²) in [6.07, 6.45) is -1.66. The zero-order chi connectivity index (χ0) is 22.4. The Hall–Kier alpha value is -2.78. The fraction of sp³-hybridized carbons (Fsp3) is 0.571. The lowest BCUT2D eigenvalue weighted by atomic mass is 10.00. The van der Waals surface area contributed by atoms with Crippen LogP contribution in [0.2, 0.25) is 0 Å². The van der Waals surface area contributed by atoms with Gasteiger partial charge in [0.15, 0.2) is 5.90 Å². The molecule has 0 aliphatic carbocycles. The molecule has 2 aliphatic heterocycles. The van der Waals surface area contributed by atoms with Gasteiger partial charge in [-0.2, -0.15) is 13.2 Å². The standard InChI is InChI=1S/C21H26F3N3O4/c22-21(23,24)16-6-4-5-15(13-16)17(14-19(28)29)27-11-10-26(20(27)30)9-3-1-2-7-18-25-8-12-31-18/h4-6,13,17H,1-3,7-12,14H2,(H,28,29)/t17-/m0/s1. The number of aliphatic imine (C=N–C) groups is 1. The molecule has 0 unspecified atom stereocenters. The van der Waals surface area contributed by atoms with Crippen LogP contribution < -0.4 is 0 Å². The van der Waals surface area contributed by atoms with E-state index in [0.29, 0.717) is 26.2 Å². The number of carboxylic acid groups (broad SMARTS) is 1. The van der Waals surface area contributed by atoms with Gasteiger partial charge in [-0.05, 0) is 30.5 Å². The molecule has 0 aromatic heterocycles. The number of ether oxygens (including phenoxy) is 1. The minimum absolute atomic E-state index is 0.171. The van der Waals surface area contributed by atoms with Crippen LogP contribution in [0, 0.1) is 0 Å². The number of alkyl halides is 3. The number of halogens is 3. The minimum Gasteiger partial charge on any atom is -0.481 e. The quantitative estimate of drug-likeness (QED) is 0.558. The fourth-order valence-electron chi connectivity index (χ4n) is 3.88. The molecule has 31 heavy (non-hydrogen) atoms. The summed E-state index contributed by atoms with van der Waals surface area (Å²) in [6.45, 7) is 2.56. The van der Waals surface area contributed by atoms with Crippen LogP contribution in [0.4, 0.5) is 18.0 Å². The van der Waals surface area contributed by atoms with Gasteiger partial charge in [-0.25, -0.2) is 4.79 Å². The molecule has 1 aromatic carbocycles. The predicted molar refractivity (Wildman–Crippen MR) is 107 cm³/mol. The highest BCUT2D eigenvalue weighted by molar-refractivity contribution is 5.78. The Morgan fingerprint density at radius 1 is 1.23 bits per heavy atom. The van der Waals surface area contributed by atoms with Crippen LogP contribution in [0.5, 0.6) is 0 Å². The molecule has 10 heteroatoms. The number of aliphatic carboxylic acids is 1. The van der Waals surface area contributed by atoms with Gasteiger partial charge >= 0.3 is 18.2 Å². The van der Waals surface area contributed by atoms with Gasteiger partial charge in [-0.15, -0.1) is 0 Å². The van der Waals surface area contributed by atoms with E-state index in [2.05, 4.69) is 4.99 Å². The number of nitrogens with zero attached hydrogens (tertiary/aromatic N) is 3. The lowest BCUT2D eigenvalue weighted by molar-refractivity contribution is -0.138. The Morgan fingerprint density at radius 2 is 2.03 bits per heavy atom. The van der Waals surface area contributed by atoms with Crippen molar-refractivity contribution < 1.29 is 32.6 Å². The number of amides is 2. The number of rotatable bonds is 10. The summed E-state index contributed by atoms with van der Waals surface area (Å²) in [6, 6.07) is 3.25. The third kappa shape index (κ3) is 6.11. The Morgan fingerprint density at radius 3 is 2.71 bits per heavy atom. The van der Waals surface area contributed by atoms with Gasteiger partial charge in [0, 0.05) is 26.1 Å². The molecular formula is C21H26F3N3O4. The molecule has 1 aromatic rings. The predicted octanol–water partition coefficient (Wildman–Crippen LogP) is 3.95. The van der Waals surface area contributed by atoms with Crippen molar-refractivity contribution in [1.29, 1.82) is 0 Å². The maximum absolute atomic E-state index is 13.1. The van der Waals surface area contributed by atoms with E-state index in [-0.39, 0.29) is 18.1 Å². The van der Waals surface area contributed by atoms with E-state index in [9.17, 15) is 27.9 Å². The number of carbonyl (C=O) groups excluding carboxylic acids is 1. The van der Waals surface area contributed by atoms with Crippen LogP contribution in [0.1, 0.15) is 49.3 Å². The lowest BCUT2D eigenvalue weighted by Gasteiger charge is -2.28. The Bertz CT molecular complexity index is 828. The fourth-order valence-corrected chi connectivity index (χ4v) is 3.88. The molecule has 1 N–H and O–H groups in total. The number of hydrogen-bond donors (Lipinski definition) is 1. The van der Waals surface area contributed by atoms with E-state index < -0.39 is 30.2 Å². The second-order valence-corrected chi connectivity index (χ2v) is 7.63. The van der Waals surface area contributed by atoms with E-state index in [4.69, 9.17) is 4.74 Å². The maximum Gasteiger partial charge on any atom is 0.416 e. The van der Waals surface area contributed by atoms with Crippen LogP contribution >= 0.6 is 0 Å². The summed E-state index contributed by atoms with van der Waals surface area (Å²) in [7, 11) is 0. The van der Waals surface area contributed by atoms with Crippen molar-refractivity contribution in [2.24, 2.45) is 4.99 Å². The highest BCUT2D eigenvalue weighted by atomic mass is 19.4. The molecular weight excluding hydrogens is 415 g/mol. The molecule has 2 heterocycles. The lowest BCUT2D eigenvalue weighted by Crippen LogP contribution is -2.36. The van der Waals surface area contributed by atoms with Gasteiger partial charge in [-0.3, -0.25) is 9.79 Å². The van der Waals surface area contributed by atoms with Crippen LogP contribution in [-0.4, -0.2) is 65.6 Å². The van der Waals surface area contributed by atoms with Crippen molar-refractivity contribution in [3.05, 3.63) is 35.4 Å². The number of hydrogen-bond acceptors (Lipinski definition) is 4.